The Morgan fingerprint density at radius 3 is 2.82 bits per heavy atom. The van der Waals surface area contributed by atoms with Crippen molar-refractivity contribution in [2.75, 3.05) is 0 Å². The first-order valence-corrected chi connectivity index (χ1v) is 3.35. The molecule has 0 saturated heterocycles. The van der Waals surface area contributed by atoms with Crippen LogP contribution in [0.5, 0.6) is 0 Å². The number of pyridine rings is 1. The van der Waals surface area contributed by atoms with Crippen molar-refractivity contribution in [3.63, 3.8) is 0 Å². The second-order valence-corrected chi connectivity index (χ2v) is 2.26. The van der Waals surface area contributed by atoms with Crippen LogP contribution in [0.4, 0.5) is 0 Å². The zero-order chi connectivity index (χ0) is 8.27. The van der Waals surface area contributed by atoms with Crippen LogP contribution in [0.1, 0.15) is 17.4 Å². The minimum atomic E-state index is -0.968. The Hall–Kier alpha value is -1.22. The second-order valence-electron chi connectivity index (χ2n) is 2.26. The van der Waals surface area contributed by atoms with Crippen LogP contribution >= 0.6 is 0 Å². The van der Waals surface area contributed by atoms with Crippen LogP contribution in [-0.4, -0.2) is 22.0 Å². The molecular weight excluding hydrogens is 142 g/mol. The zero-order valence-corrected chi connectivity index (χ0v) is 6.19. The van der Waals surface area contributed by atoms with E-state index < -0.39 is 6.10 Å². The molecule has 0 radical (unpaired) electrons. The van der Waals surface area contributed by atoms with E-state index in [1.165, 1.54) is 13.1 Å². The van der Waals surface area contributed by atoms with E-state index in [1.807, 2.05) is 0 Å². The first-order chi connectivity index (χ1) is 5.22. The van der Waals surface area contributed by atoms with Crippen LogP contribution in [0.3, 0.4) is 0 Å². The van der Waals surface area contributed by atoms with E-state index in [-0.39, 0.29) is 5.78 Å². The number of Topliss-reactive ketones (excluding diaryl/α,β-unsaturated/α-hetero) is 1. The summed E-state index contributed by atoms with van der Waals surface area (Å²) in [6.07, 6.45) is 0.556. The summed E-state index contributed by atoms with van der Waals surface area (Å²) in [6.45, 7) is 1.43. The van der Waals surface area contributed by atoms with Crippen molar-refractivity contribution in [2.24, 2.45) is 0 Å². The van der Waals surface area contributed by atoms with E-state index in [0.29, 0.717) is 5.69 Å². The van der Waals surface area contributed by atoms with Crippen molar-refractivity contribution in [3.8, 4) is 0 Å². The Morgan fingerprint density at radius 2 is 2.36 bits per heavy atom. The molecular formula is C8H9NO2. The van der Waals surface area contributed by atoms with Gasteiger partial charge in [-0.05, 0) is 19.1 Å². The fraction of sp³-hybridized carbons (Fsp3) is 0.250. The molecule has 0 aliphatic carbocycles. The Bertz CT molecular complexity index is 244. The highest BCUT2D eigenvalue weighted by Crippen LogP contribution is 1.98. The smallest absolute Gasteiger partial charge is 0.209 e. The van der Waals surface area contributed by atoms with Gasteiger partial charge in [-0.3, -0.25) is 9.78 Å². The maximum absolute atomic E-state index is 11.0. The lowest BCUT2D eigenvalue weighted by Gasteiger charge is -2.00. The number of carbonyl (C=O) groups excluding carboxylic acids is 1. The van der Waals surface area contributed by atoms with Gasteiger partial charge in [-0.25, -0.2) is 0 Å². The van der Waals surface area contributed by atoms with E-state index in [1.54, 1.807) is 18.2 Å². The van der Waals surface area contributed by atoms with Crippen LogP contribution in [0.2, 0.25) is 0 Å². The molecule has 1 aromatic rings. The number of rotatable bonds is 2. The number of hydrogen-bond acceptors (Lipinski definition) is 3. The maximum atomic E-state index is 11.0. The van der Waals surface area contributed by atoms with Crippen LogP contribution in [0.15, 0.2) is 24.4 Å². The number of aliphatic hydroxyl groups is 1. The SMILES string of the molecule is C[C@H](O)C(=O)c1ccccn1. The van der Waals surface area contributed by atoms with Crippen LogP contribution in [-0.2, 0) is 0 Å². The molecule has 0 aliphatic heterocycles. The molecule has 0 aliphatic rings. The molecule has 0 spiro atoms. The summed E-state index contributed by atoms with van der Waals surface area (Å²) >= 11 is 0. The average molecular weight is 151 g/mol. The van der Waals surface area contributed by atoms with E-state index in [0.717, 1.165) is 0 Å². The van der Waals surface area contributed by atoms with Gasteiger partial charge in [0.1, 0.15) is 11.8 Å². The van der Waals surface area contributed by atoms with Gasteiger partial charge in [0, 0.05) is 6.20 Å². The van der Waals surface area contributed by atoms with Gasteiger partial charge in [0.05, 0.1) is 0 Å². The lowest BCUT2D eigenvalue weighted by molar-refractivity contribution is 0.0774. The predicted octanol–water partition coefficient (Wildman–Crippen LogP) is 0.645. The highest BCUT2D eigenvalue weighted by Gasteiger charge is 2.11. The van der Waals surface area contributed by atoms with Crippen molar-refractivity contribution >= 4 is 5.78 Å². The second kappa shape index (κ2) is 3.25. The molecule has 0 saturated carbocycles. The molecule has 0 aromatic carbocycles. The highest BCUT2D eigenvalue weighted by atomic mass is 16.3. The third-order valence-electron chi connectivity index (χ3n) is 1.30. The summed E-state index contributed by atoms with van der Waals surface area (Å²) in [6, 6.07) is 5.01. The van der Waals surface area contributed by atoms with Crippen LogP contribution < -0.4 is 0 Å². The minimum Gasteiger partial charge on any atom is -0.385 e. The summed E-state index contributed by atoms with van der Waals surface area (Å²) in [5.41, 5.74) is 0.308. The molecule has 1 rings (SSSR count). The molecule has 0 unspecified atom stereocenters. The lowest BCUT2D eigenvalue weighted by atomic mass is 10.2. The summed E-state index contributed by atoms with van der Waals surface area (Å²) in [5, 5.41) is 8.88. The first kappa shape index (κ1) is 7.88. The van der Waals surface area contributed by atoms with Crippen molar-refractivity contribution in [1.29, 1.82) is 0 Å². The highest BCUT2D eigenvalue weighted by molar-refractivity contribution is 5.97. The molecule has 58 valence electrons. The number of carbonyl (C=O) groups is 1. The third-order valence-corrected chi connectivity index (χ3v) is 1.30. The van der Waals surface area contributed by atoms with Gasteiger partial charge in [0.2, 0.25) is 5.78 Å². The third kappa shape index (κ3) is 1.85. The molecule has 3 heteroatoms. The van der Waals surface area contributed by atoms with Crippen LogP contribution in [0.25, 0.3) is 0 Å². The quantitative estimate of drug-likeness (QED) is 0.631. The van der Waals surface area contributed by atoms with E-state index >= 15 is 0 Å². The number of nitrogens with zero attached hydrogens (tertiary/aromatic N) is 1. The molecule has 0 bridgehead atoms. The van der Waals surface area contributed by atoms with Gasteiger partial charge in [-0.2, -0.15) is 0 Å². The standard InChI is InChI=1S/C8H9NO2/c1-6(10)8(11)7-4-2-3-5-9-7/h2-6,10H,1H3/t6-/m0/s1. The average Bonchev–Trinajstić information content (AvgIpc) is 2.05. The molecule has 0 amide bonds. The monoisotopic (exact) mass is 151 g/mol. The largest absolute Gasteiger partial charge is 0.385 e. The summed E-state index contributed by atoms with van der Waals surface area (Å²) in [7, 11) is 0. The molecule has 3 nitrogen and oxygen atoms in total. The molecule has 1 heterocycles. The van der Waals surface area contributed by atoms with Gasteiger partial charge in [0.15, 0.2) is 0 Å². The molecule has 1 atom stereocenters. The first-order valence-electron chi connectivity index (χ1n) is 3.35. The maximum Gasteiger partial charge on any atom is 0.209 e. The summed E-state index contributed by atoms with van der Waals surface area (Å²) < 4.78 is 0. The Labute approximate surface area is 64.7 Å². The van der Waals surface area contributed by atoms with E-state index in [4.69, 9.17) is 5.11 Å². The predicted molar refractivity (Wildman–Crippen MR) is 40.2 cm³/mol. The lowest BCUT2D eigenvalue weighted by Crippen LogP contribution is -2.17. The number of aromatic nitrogens is 1. The van der Waals surface area contributed by atoms with Crippen molar-refractivity contribution in [3.05, 3.63) is 30.1 Å². The Morgan fingerprint density at radius 1 is 1.64 bits per heavy atom. The van der Waals surface area contributed by atoms with Gasteiger partial charge < -0.3 is 5.11 Å². The summed E-state index contributed by atoms with van der Waals surface area (Å²) in [4.78, 5) is 14.8. The number of aliphatic hydroxyl groups excluding tert-OH is 1. The molecule has 1 aromatic heterocycles. The number of hydrogen-bond donors (Lipinski definition) is 1. The number of ketones is 1. The Balaban J connectivity index is 2.86. The minimum absolute atomic E-state index is 0.308. The van der Waals surface area contributed by atoms with Crippen molar-refractivity contribution in [2.45, 2.75) is 13.0 Å². The normalized spacial score (nSPS) is 12.5. The fourth-order valence-corrected chi connectivity index (χ4v) is 0.723. The van der Waals surface area contributed by atoms with Gasteiger partial charge in [-0.1, -0.05) is 6.07 Å². The molecule has 11 heavy (non-hydrogen) atoms. The van der Waals surface area contributed by atoms with Crippen molar-refractivity contribution in [1.82, 2.24) is 4.98 Å². The molecule has 0 fully saturated rings. The van der Waals surface area contributed by atoms with Gasteiger partial charge in [-0.15, -0.1) is 0 Å². The Kier molecular flexibility index (Phi) is 2.33. The van der Waals surface area contributed by atoms with Gasteiger partial charge >= 0.3 is 0 Å². The fourth-order valence-electron chi connectivity index (χ4n) is 0.723. The van der Waals surface area contributed by atoms with Crippen molar-refractivity contribution < 1.29 is 9.90 Å². The van der Waals surface area contributed by atoms with Crippen LogP contribution in [0, 0.1) is 0 Å². The van der Waals surface area contributed by atoms with Gasteiger partial charge in [0.25, 0.3) is 0 Å². The zero-order valence-electron chi connectivity index (χ0n) is 6.19. The van der Waals surface area contributed by atoms with E-state index in [9.17, 15) is 4.79 Å². The van der Waals surface area contributed by atoms with E-state index in [2.05, 4.69) is 4.98 Å². The topological polar surface area (TPSA) is 50.2 Å². The molecule has 1 N–H and O–H groups in total. The summed E-state index contributed by atoms with van der Waals surface area (Å²) in [5.74, 6) is -0.342.